The van der Waals surface area contributed by atoms with Crippen LogP contribution < -0.4 is 5.32 Å². The van der Waals surface area contributed by atoms with E-state index in [1.165, 1.54) is 0 Å². The van der Waals surface area contributed by atoms with Crippen LogP contribution in [0.5, 0.6) is 0 Å². The minimum atomic E-state index is -0.984. The molecule has 1 heterocycles. The smallest absolute Gasteiger partial charge is 0.287 e. The van der Waals surface area contributed by atoms with E-state index in [0.29, 0.717) is 12.1 Å². The first-order chi connectivity index (χ1) is 9.77. The molecular weight excluding hydrogens is 268 g/mol. The normalized spacial score (nSPS) is 14.4. The van der Waals surface area contributed by atoms with Crippen LogP contribution in [-0.2, 0) is 0 Å². The summed E-state index contributed by atoms with van der Waals surface area (Å²) in [4.78, 5) is 14.0. The lowest BCUT2D eigenvalue weighted by atomic mass is 10.1. The van der Waals surface area contributed by atoms with E-state index in [1.807, 2.05) is 44.1 Å². The van der Waals surface area contributed by atoms with Crippen molar-refractivity contribution in [3.05, 3.63) is 35.6 Å². The van der Waals surface area contributed by atoms with Gasteiger partial charge >= 0.3 is 0 Å². The number of nitrogens with zero attached hydrogens (tertiary/aromatic N) is 1. The zero-order valence-corrected chi connectivity index (χ0v) is 12.9. The molecule has 1 atom stereocenters. The number of carbonyl (C=O) groups is 1. The summed E-state index contributed by atoms with van der Waals surface area (Å²) in [5.74, 6) is -0.0564. The Bertz CT molecular complexity index is 644. The van der Waals surface area contributed by atoms with Crippen molar-refractivity contribution >= 4 is 16.9 Å². The molecule has 0 saturated carbocycles. The molecule has 0 fully saturated rings. The summed E-state index contributed by atoms with van der Waals surface area (Å²) in [5, 5.41) is 13.8. The lowest BCUT2D eigenvalue weighted by Crippen LogP contribution is -2.47. The Morgan fingerprint density at radius 3 is 2.76 bits per heavy atom. The molecule has 0 aliphatic carbocycles. The fraction of sp³-hybridized carbons (Fsp3) is 0.438. The third-order valence-electron chi connectivity index (χ3n) is 3.18. The monoisotopic (exact) mass is 290 g/mol. The van der Waals surface area contributed by atoms with Crippen LogP contribution in [0.15, 0.2) is 28.7 Å². The van der Waals surface area contributed by atoms with Crippen LogP contribution in [-0.4, -0.2) is 48.7 Å². The minimum Gasteiger partial charge on any atom is -0.451 e. The van der Waals surface area contributed by atoms with Gasteiger partial charge in [-0.1, -0.05) is 11.6 Å². The summed E-state index contributed by atoms with van der Waals surface area (Å²) in [6.07, 6.45) is 0. The zero-order chi connectivity index (χ0) is 15.6. The molecule has 0 aliphatic rings. The number of aryl methyl sites for hydroxylation is 1. The van der Waals surface area contributed by atoms with Crippen LogP contribution in [0.4, 0.5) is 0 Å². The summed E-state index contributed by atoms with van der Waals surface area (Å²) < 4.78 is 5.53. The van der Waals surface area contributed by atoms with Crippen LogP contribution in [0.25, 0.3) is 11.0 Å². The van der Waals surface area contributed by atoms with Crippen LogP contribution >= 0.6 is 0 Å². The quantitative estimate of drug-likeness (QED) is 0.881. The molecule has 1 aromatic carbocycles. The van der Waals surface area contributed by atoms with Gasteiger partial charge in [0.2, 0.25) is 0 Å². The molecular formula is C16H22N2O3. The third kappa shape index (κ3) is 4.06. The number of carbonyl (C=O) groups excluding carboxylic acids is 1. The summed E-state index contributed by atoms with van der Waals surface area (Å²) in [7, 11) is 3.75. The molecule has 0 radical (unpaired) electrons. The number of aliphatic hydroxyl groups is 1. The fourth-order valence-electron chi connectivity index (χ4n) is 2.37. The second kappa shape index (κ2) is 5.87. The Kier molecular flexibility index (Phi) is 4.34. The van der Waals surface area contributed by atoms with Crippen LogP contribution in [0.3, 0.4) is 0 Å². The Balaban J connectivity index is 2.05. The van der Waals surface area contributed by atoms with E-state index < -0.39 is 5.60 Å². The highest BCUT2D eigenvalue weighted by molar-refractivity contribution is 5.96. The van der Waals surface area contributed by atoms with Crippen molar-refractivity contribution in [1.29, 1.82) is 0 Å². The van der Waals surface area contributed by atoms with E-state index in [4.69, 9.17) is 4.42 Å². The number of hydrogen-bond acceptors (Lipinski definition) is 4. The maximum atomic E-state index is 12.1. The van der Waals surface area contributed by atoms with E-state index in [2.05, 4.69) is 5.32 Å². The average Bonchev–Trinajstić information content (AvgIpc) is 2.77. The molecule has 0 bridgehead atoms. The second-order valence-corrected chi connectivity index (χ2v) is 6.07. The lowest BCUT2D eigenvalue weighted by molar-refractivity contribution is 0.0322. The zero-order valence-electron chi connectivity index (χ0n) is 12.9. The first-order valence-corrected chi connectivity index (χ1v) is 6.92. The van der Waals surface area contributed by atoms with Gasteiger partial charge in [0.25, 0.3) is 5.91 Å². The van der Waals surface area contributed by atoms with Crippen LogP contribution in [0, 0.1) is 6.92 Å². The first kappa shape index (κ1) is 15.5. The maximum absolute atomic E-state index is 12.1. The summed E-state index contributed by atoms with van der Waals surface area (Å²) in [6.45, 7) is 4.31. The molecule has 0 aliphatic heterocycles. The van der Waals surface area contributed by atoms with E-state index in [0.717, 1.165) is 10.9 Å². The molecule has 5 heteroatoms. The van der Waals surface area contributed by atoms with Gasteiger partial charge in [-0.25, -0.2) is 0 Å². The molecule has 2 N–H and O–H groups in total. The lowest BCUT2D eigenvalue weighted by Gasteiger charge is -2.26. The Morgan fingerprint density at radius 2 is 2.10 bits per heavy atom. The van der Waals surface area contributed by atoms with Gasteiger partial charge < -0.3 is 19.7 Å². The fourth-order valence-corrected chi connectivity index (χ4v) is 2.37. The van der Waals surface area contributed by atoms with Gasteiger partial charge in [-0.05, 0) is 46.1 Å². The predicted molar refractivity (Wildman–Crippen MR) is 82.5 cm³/mol. The molecule has 0 saturated heterocycles. The highest BCUT2D eigenvalue weighted by Gasteiger charge is 2.23. The SMILES string of the molecule is Cc1ccc2oc(C(=O)NCC(C)(O)CN(C)C)cc2c1. The van der Waals surface area contributed by atoms with Gasteiger partial charge in [-0.3, -0.25) is 4.79 Å². The van der Waals surface area contributed by atoms with Crippen molar-refractivity contribution < 1.29 is 14.3 Å². The van der Waals surface area contributed by atoms with Crippen LogP contribution in [0.2, 0.25) is 0 Å². The van der Waals surface area contributed by atoms with Gasteiger partial charge in [-0.2, -0.15) is 0 Å². The Labute approximate surface area is 124 Å². The van der Waals surface area contributed by atoms with E-state index in [1.54, 1.807) is 13.0 Å². The Hall–Kier alpha value is -1.85. The number of benzene rings is 1. The highest BCUT2D eigenvalue weighted by Crippen LogP contribution is 2.20. The van der Waals surface area contributed by atoms with Gasteiger partial charge in [0, 0.05) is 18.5 Å². The summed E-state index contributed by atoms with van der Waals surface area (Å²) in [5.41, 5.74) is 0.817. The largest absolute Gasteiger partial charge is 0.451 e. The molecule has 1 aromatic heterocycles. The number of likely N-dealkylation sites (N-methyl/N-ethyl adjacent to an activating group) is 1. The molecule has 1 amide bonds. The summed E-state index contributed by atoms with van der Waals surface area (Å²) >= 11 is 0. The van der Waals surface area contributed by atoms with Crippen molar-refractivity contribution in [3.63, 3.8) is 0 Å². The van der Waals surface area contributed by atoms with Gasteiger partial charge in [-0.15, -0.1) is 0 Å². The van der Waals surface area contributed by atoms with E-state index in [9.17, 15) is 9.90 Å². The number of amides is 1. The number of rotatable bonds is 5. The van der Waals surface area contributed by atoms with Crippen molar-refractivity contribution in [2.24, 2.45) is 0 Å². The summed E-state index contributed by atoms with van der Waals surface area (Å²) in [6, 6.07) is 7.48. The number of fused-ring (bicyclic) bond motifs is 1. The molecule has 114 valence electrons. The molecule has 5 nitrogen and oxygen atoms in total. The van der Waals surface area contributed by atoms with Gasteiger partial charge in [0.05, 0.1) is 5.60 Å². The van der Waals surface area contributed by atoms with Crippen molar-refractivity contribution in [1.82, 2.24) is 10.2 Å². The minimum absolute atomic E-state index is 0.167. The predicted octanol–water partition coefficient (Wildman–Crippen LogP) is 1.78. The van der Waals surface area contributed by atoms with Gasteiger partial charge in [0.15, 0.2) is 5.76 Å². The van der Waals surface area contributed by atoms with Gasteiger partial charge in [0.1, 0.15) is 5.58 Å². The maximum Gasteiger partial charge on any atom is 0.287 e. The average molecular weight is 290 g/mol. The van der Waals surface area contributed by atoms with Crippen molar-refractivity contribution in [2.45, 2.75) is 19.4 Å². The highest BCUT2D eigenvalue weighted by atomic mass is 16.3. The molecule has 2 aromatic rings. The standard InChI is InChI=1S/C16H22N2O3/c1-11-5-6-13-12(7-11)8-14(21-13)15(19)17-9-16(2,20)10-18(3)4/h5-8,20H,9-10H2,1-4H3,(H,17,19). The van der Waals surface area contributed by atoms with Crippen LogP contribution in [0.1, 0.15) is 23.0 Å². The van der Waals surface area contributed by atoms with Crippen molar-refractivity contribution in [3.8, 4) is 0 Å². The Morgan fingerprint density at radius 1 is 1.38 bits per heavy atom. The van der Waals surface area contributed by atoms with E-state index in [-0.39, 0.29) is 18.2 Å². The van der Waals surface area contributed by atoms with E-state index >= 15 is 0 Å². The molecule has 21 heavy (non-hydrogen) atoms. The topological polar surface area (TPSA) is 65.7 Å². The molecule has 0 spiro atoms. The molecule has 1 unspecified atom stereocenters. The van der Waals surface area contributed by atoms with Crippen molar-refractivity contribution in [2.75, 3.05) is 27.2 Å². The number of furan rings is 1. The third-order valence-corrected chi connectivity index (χ3v) is 3.18. The number of nitrogens with one attached hydrogen (secondary N) is 1. The number of hydrogen-bond donors (Lipinski definition) is 2. The second-order valence-electron chi connectivity index (χ2n) is 6.07. The molecule has 2 rings (SSSR count). The first-order valence-electron chi connectivity index (χ1n) is 6.92.